The van der Waals surface area contributed by atoms with Gasteiger partial charge in [0, 0.05) is 17.4 Å². The number of amides is 1. The van der Waals surface area contributed by atoms with Crippen LogP contribution >= 0.6 is 0 Å². The SMILES string of the molecule is CCC(C)Oc1ccc(NC(=O)CNc2cccc(OC(C)C)c2)cc1. The maximum atomic E-state index is 12.1. The van der Waals surface area contributed by atoms with Gasteiger partial charge in [-0.1, -0.05) is 13.0 Å². The Kier molecular flexibility index (Phi) is 7.33. The smallest absolute Gasteiger partial charge is 0.243 e. The summed E-state index contributed by atoms with van der Waals surface area (Å²) in [6.07, 6.45) is 1.24. The molecule has 2 aromatic rings. The zero-order valence-electron chi connectivity index (χ0n) is 15.9. The van der Waals surface area contributed by atoms with Crippen LogP contribution in [-0.2, 0) is 4.79 Å². The molecule has 0 aliphatic carbocycles. The van der Waals surface area contributed by atoms with Crippen LogP contribution in [0, 0.1) is 0 Å². The molecule has 1 amide bonds. The highest BCUT2D eigenvalue weighted by Crippen LogP contribution is 2.19. The van der Waals surface area contributed by atoms with Gasteiger partial charge in [0.15, 0.2) is 0 Å². The van der Waals surface area contributed by atoms with Crippen molar-refractivity contribution >= 4 is 17.3 Å². The van der Waals surface area contributed by atoms with Gasteiger partial charge in [-0.2, -0.15) is 0 Å². The monoisotopic (exact) mass is 356 g/mol. The summed E-state index contributed by atoms with van der Waals surface area (Å²) in [5, 5.41) is 5.97. The number of hydrogen-bond donors (Lipinski definition) is 2. The third-order valence-corrected chi connectivity index (χ3v) is 3.71. The minimum atomic E-state index is -0.115. The molecule has 0 aromatic heterocycles. The maximum Gasteiger partial charge on any atom is 0.243 e. The van der Waals surface area contributed by atoms with Gasteiger partial charge in [0.05, 0.1) is 18.8 Å². The Bertz CT molecular complexity index is 699. The van der Waals surface area contributed by atoms with Crippen LogP contribution in [0.3, 0.4) is 0 Å². The highest BCUT2D eigenvalue weighted by Gasteiger charge is 2.05. The number of nitrogens with one attached hydrogen (secondary N) is 2. The lowest BCUT2D eigenvalue weighted by atomic mass is 10.2. The van der Waals surface area contributed by atoms with Gasteiger partial charge >= 0.3 is 0 Å². The quantitative estimate of drug-likeness (QED) is 0.684. The molecule has 0 aliphatic rings. The summed E-state index contributed by atoms with van der Waals surface area (Å²) in [5.74, 6) is 1.47. The molecule has 0 bridgehead atoms. The van der Waals surface area contributed by atoms with E-state index in [1.165, 1.54) is 0 Å². The van der Waals surface area contributed by atoms with Crippen molar-refractivity contribution in [3.63, 3.8) is 0 Å². The van der Waals surface area contributed by atoms with Crippen LogP contribution in [0.4, 0.5) is 11.4 Å². The zero-order valence-corrected chi connectivity index (χ0v) is 15.9. The van der Waals surface area contributed by atoms with E-state index in [0.29, 0.717) is 0 Å². The van der Waals surface area contributed by atoms with Crippen molar-refractivity contribution in [2.75, 3.05) is 17.2 Å². The first-order valence-electron chi connectivity index (χ1n) is 9.03. The second-order valence-corrected chi connectivity index (χ2v) is 6.46. The Morgan fingerprint density at radius 3 is 2.35 bits per heavy atom. The average Bonchev–Trinajstić information content (AvgIpc) is 2.61. The Balaban J connectivity index is 1.83. The third kappa shape index (κ3) is 6.67. The number of benzene rings is 2. The number of anilines is 2. The van der Waals surface area contributed by atoms with Gasteiger partial charge in [0.1, 0.15) is 11.5 Å². The number of rotatable bonds is 9. The summed E-state index contributed by atoms with van der Waals surface area (Å²) < 4.78 is 11.4. The van der Waals surface area contributed by atoms with Crippen molar-refractivity contribution in [3.05, 3.63) is 48.5 Å². The fraction of sp³-hybridized carbons (Fsp3) is 0.381. The lowest BCUT2D eigenvalue weighted by Crippen LogP contribution is -2.21. The van der Waals surface area contributed by atoms with E-state index in [2.05, 4.69) is 17.6 Å². The third-order valence-electron chi connectivity index (χ3n) is 3.71. The van der Waals surface area contributed by atoms with Crippen LogP contribution in [0.2, 0.25) is 0 Å². The van der Waals surface area contributed by atoms with Crippen LogP contribution < -0.4 is 20.1 Å². The first-order chi connectivity index (χ1) is 12.5. The first kappa shape index (κ1) is 19.6. The van der Waals surface area contributed by atoms with E-state index >= 15 is 0 Å². The van der Waals surface area contributed by atoms with Crippen LogP contribution in [0.1, 0.15) is 34.1 Å². The van der Waals surface area contributed by atoms with Crippen LogP contribution in [-0.4, -0.2) is 24.7 Å². The molecule has 140 valence electrons. The molecule has 0 aliphatic heterocycles. The molecule has 0 fully saturated rings. The Labute approximate surface area is 155 Å². The van der Waals surface area contributed by atoms with Crippen LogP contribution in [0.15, 0.2) is 48.5 Å². The van der Waals surface area contributed by atoms with Gasteiger partial charge in [-0.15, -0.1) is 0 Å². The van der Waals surface area contributed by atoms with E-state index < -0.39 is 0 Å². The van der Waals surface area contributed by atoms with Crippen molar-refractivity contribution in [2.24, 2.45) is 0 Å². The molecule has 1 unspecified atom stereocenters. The highest BCUT2D eigenvalue weighted by molar-refractivity contribution is 5.93. The second kappa shape index (κ2) is 9.70. The summed E-state index contributed by atoms with van der Waals surface area (Å²) in [6, 6.07) is 15.0. The molecule has 0 spiro atoms. The summed E-state index contributed by atoms with van der Waals surface area (Å²) in [7, 11) is 0. The molecule has 5 heteroatoms. The van der Waals surface area contributed by atoms with E-state index in [1.807, 2.05) is 69.3 Å². The molecule has 0 saturated heterocycles. The molecular weight excluding hydrogens is 328 g/mol. The molecule has 2 rings (SSSR count). The maximum absolute atomic E-state index is 12.1. The Morgan fingerprint density at radius 2 is 1.69 bits per heavy atom. The molecule has 0 radical (unpaired) electrons. The largest absolute Gasteiger partial charge is 0.491 e. The molecule has 2 aromatic carbocycles. The van der Waals surface area contributed by atoms with Crippen molar-refractivity contribution in [3.8, 4) is 11.5 Å². The minimum absolute atomic E-state index is 0.112. The number of ether oxygens (including phenoxy) is 2. The van der Waals surface area contributed by atoms with Gasteiger partial charge in [-0.25, -0.2) is 0 Å². The fourth-order valence-corrected chi connectivity index (χ4v) is 2.27. The highest BCUT2D eigenvalue weighted by atomic mass is 16.5. The lowest BCUT2D eigenvalue weighted by Gasteiger charge is -2.13. The lowest BCUT2D eigenvalue weighted by molar-refractivity contribution is -0.114. The summed E-state index contributed by atoms with van der Waals surface area (Å²) in [6.45, 7) is 8.25. The van der Waals surface area contributed by atoms with E-state index in [0.717, 1.165) is 29.3 Å². The topological polar surface area (TPSA) is 59.6 Å². The van der Waals surface area contributed by atoms with Gasteiger partial charge in [0.25, 0.3) is 0 Å². The van der Waals surface area contributed by atoms with Gasteiger partial charge in [-0.3, -0.25) is 4.79 Å². The molecule has 2 N–H and O–H groups in total. The fourth-order valence-electron chi connectivity index (χ4n) is 2.27. The minimum Gasteiger partial charge on any atom is -0.491 e. The van der Waals surface area contributed by atoms with E-state index in [1.54, 1.807) is 0 Å². The second-order valence-electron chi connectivity index (χ2n) is 6.46. The van der Waals surface area contributed by atoms with Crippen molar-refractivity contribution in [1.29, 1.82) is 0 Å². The van der Waals surface area contributed by atoms with Crippen molar-refractivity contribution < 1.29 is 14.3 Å². The molecule has 26 heavy (non-hydrogen) atoms. The molecule has 1 atom stereocenters. The van der Waals surface area contributed by atoms with Gasteiger partial charge < -0.3 is 20.1 Å². The molecule has 0 heterocycles. The first-order valence-corrected chi connectivity index (χ1v) is 9.03. The zero-order chi connectivity index (χ0) is 18.9. The summed E-state index contributed by atoms with van der Waals surface area (Å²) in [4.78, 5) is 12.1. The van der Waals surface area contributed by atoms with Crippen LogP contribution in [0.25, 0.3) is 0 Å². The number of carbonyl (C=O) groups excluding carboxylic acids is 1. The van der Waals surface area contributed by atoms with E-state index in [9.17, 15) is 4.79 Å². The number of hydrogen-bond acceptors (Lipinski definition) is 4. The summed E-state index contributed by atoms with van der Waals surface area (Å²) >= 11 is 0. The Morgan fingerprint density at radius 1 is 0.962 bits per heavy atom. The Hall–Kier alpha value is -2.69. The predicted molar refractivity (Wildman–Crippen MR) is 106 cm³/mol. The number of carbonyl (C=O) groups is 1. The molecule has 5 nitrogen and oxygen atoms in total. The molecule has 0 saturated carbocycles. The van der Waals surface area contributed by atoms with Crippen LogP contribution in [0.5, 0.6) is 11.5 Å². The predicted octanol–water partition coefficient (Wildman–Crippen LogP) is 4.70. The van der Waals surface area contributed by atoms with Gasteiger partial charge in [-0.05, 0) is 63.6 Å². The van der Waals surface area contributed by atoms with E-state index in [4.69, 9.17) is 9.47 Å². The normalized spacial score (nSPS) is 11.7. The van der Waals surface area contributed by atoms with E-state index in [-0.39, 0.29) is 24.7 Å². The summed E-state index contributed by atoms with van der Waals surface area (Å²) in [5.41, 5.74) is 1.58. The standard InChI is InChI=1S/C21H28N2O3/c1-5-16(4)26-19-11-9-17(10-12-19)23-21(24)14-22-18-7-6-8-20(13-18)25-15(2)3/h6-13,15-16,22H,5,14H2,1-4H3,(H,23,24). The average molecular weight is 356 g/mol. The van der Waals surface area contributed by atoms with Gasteiger partial charge in [0.2, 0.25) is 5.91 Å². The van der Waals surface area contributed by atoms with Crippen molar-refractivity contribution in [2.45, 2.75) is 46.3 Å². The van der Waals surface area contributed by atoms with Crippen molar-refractivity contribution in [1.82, 2.24) is 0 Å². The molecular formula is C21H28N2O3.